The van der Waals surface area contributed by atoms with Crippen molar-refractivity contribution in [3.05, 3.63) is 100 Å². The predicted molar refractivity (Wildman–Crippen MR) is 123 cm³/mol. The van der Waals surface area contributed by atoms with E-state index in [4.69, 9.17) is 9.47 Å². The monoisotopic (exact) mass is 453 g/mol. The van der Waals surface area contributed by atoms with Crippen molar-refractivity contribution >= 4 is 34.4 Å². The van der Waals surface area contributed by atoms with Crippen LogP contribution < -0.4 is 4.74 Å². The van der Waals surface area contributed by atoms with Gasteiger partial charge in [0.15, 0.2) is 5.78 Å². The third kappa shape index (κ3) is 3.21. The van der Waals surface area contributed by atoms with Crippen molar-refractivity contribution in [1.29, 1.82) is 0 Å². The van der Waals surface area contributed by atoms with Crippen LogP contribution in [0.15, 0.2) is 66.7 Å². The number of benzene rings is 3. The number of methoxy groups -OCH3 is 1. The van der Waals surface area contributed by atoms with Crippen LogP contribution in [0.5, 0.6) is 5.75 Å². The number of fused-ring (bicyclic) bond motifs is 4. The molecule has 0 atom stereocenters. The molecule has 0 saturated heterocycles. The fourth-order valence-electron chi connectivity index (χ4n) is 4.50. The highest BCUT2D eigenvalue weighted by atomic mass is 16.5. The fraction of sp³-hybridized carbons (Fsp3) is 0.111. The van der Waals surface area contributed by atoms with Crippen LogP contribution in [0.3, 0.4) is 0 Å². The van der Waals surface area contributed by atoms with E-state index in [0.29, 0.717) is 17.6 Å². The molecule has 1 aliphatic carbocycles. The number of aromatic nitrogens is 1. The fourth-order valence-corrected chi connectivity index (χ4v) is 4.50. The second-order valence-corrected chi connectivity index (χ2v) is 7.92. The standard InChI is InChI=1S/C27H19NO6/c1-15(29)34-20-13-12-19-21(22(20)27(32)33-2)23-24(28(19)14-16-8-4-3-5-9-16)26(31)18-11-7-6-10-17(18)25(23)30/h3-13H,14H2,1-2H3. The van der Waals surface area contributed by atoms with E-state index in [1.807, 2.05) is 30.3 Å². The molecule has 7 nitrogen and oxygen atoms in total. The van der Waals surface area contributed by atoms with Gasteiger partial charge in [-0.2, -0.15) is 0 Å². The molecule has 0 spiro atoms. The molecule has 0 fully saturated rings. The van der Waals surface area contributed by atoms with E-state index in [0.717, 1.165) is 5.56 Å². The zero-order chi connectivity index (χ0) is 24.0. The van der Waals surface area contributed by atoms with Crippen molar-refractivity contribution in [2.45, 2.75) is 13.5 Å². The zero-order valence-corrected chi connectivity index (χ0v) is 18.5. The molecule has 1 aliphatic rings. The summed E-state index contributed by atoms with van der Waals surface area (Å²) in [6.07, 6.45) is 0. The van der Waals surface area contributed by atoms with Gasteiger partial charge in [0.25, 0.3) is 0 Å². The van der Waals surface area contributed by atoms with Gasteiger partial charge in [-0.3, -0.25) is 14.4 Å². The molecule has 0 unspecified atom stereocenters. The topological polar surface area (TPSA) is 91.7 Å². The zero-order valence-electron chi connectivity index (χ0n) is 18.5. The van der Waals surface area contributed by atoms with E-state index >= 15 is 0 Å². The Morgan fingerprint density at radius 3 is 2.15 bits per heavy atom. The van der Waals surface area contributed by atoms with Crippen molar-refractivity contribution in [2.24, 2.45) is 0 Å². The molecular weight excluding hydrogens is 434 g/mol. The quantitative estimate of drug-likeness (QED) is 0.300. The number of hydrogen-bond acceptors (Lipinski definition) is 6. The molecule has 0 N–H and O–H groups in total. The van der Waals surface area contributed by atoms with Gasteiger partial charge >= 0.3 is 11.9 Å². The molecule has 3 aromatic carbocycles. The second-order valence-electron chi connectivity index (χ2n) is 7.92. The molecule has 1 aromatic heterocycles. The van der Waals surface area contributed by atoms with Crippen LogP contribution >= 0.6 is 0 Å². The van der Waals surface area contributed by atoms with Gasteiger partial charge in [0.2, 0.25) is 5.78 Å². The molecule has 34 heavy (non-hydrogen) atoms. The molecule has 4 aromatic rings. The Labute approximate surface area is 194 Å². The number of hydrogen-bond donors (Lipinski definition) is 0. The largest absolute Gasteiger partial charge is 0.465 e. The first kappa shape index (κ1) is 21.3. The molecule has 0 bridgehead atoms. The summed E-state index contributed by atoms with van der Waals surface area (Å²) in [7, 11) is 1.20. The number of nitrogens with zero attached hydrogens (tertiary/aromatic N) is 1. The van der Waals surface area contributed by atoms with E-state index in [1.165, 1.54) is 20.1 Å². The highest BCUT2D eigenvalue weighted by molar-refractivity contribution is 6.33. The van der Waals surface area contributed by atoms with Crippen LogP contribution in [0.4, 0.5) is 0 Å². The maximum absolute atomic E-state index is 13.7. The molecule has 0 amide bonds. The Bertz CT molecular complexity index is 1510. The highest BCUT2D eigenvalue weighted by Crippen LogP contribution is 2.40. The minimum Gasteiger partial charge on any atom is -0.465 e. The second kappa shape index (κ2) is 8.12. The van der Waals surface area contributed by atoms with Crippen LogP contribution in [0.1, 0.15) is 54.8 Å². The van der Waals surface area contributed by atoms with Crippen LogP contribution in [0.25, 0.3) is 10.9 Å². The van der Waals surface area contributed by atoms with Gasteiger partial charge in [-0.25, -0.2) is 4.79 Å². The lowest BCUT2D eigenvalue weighted by Gasteiger charge is -2.17. The number of esters is 2. The third-order valence-corrected chi connectivity index (χ3v) is 5.88. The summed E-state index contributed by atoms with van der Waals surface area (Å²) in [4.78, 5) is 52.0. The molecule has 0 radical (unpaired) electrons. The molecule has 5 rings (SSSR count). The lowest BCUT2D eigenvalue weighted by atomic mass is 9.86. The van der Waals surface area contributed by atoms with Crippen molar-refractivity contribution in [1.82, 2.24) is 4.57 Å². The van der Waals surface area contributed by atoms with E-state index in [1.54, 1.807) is 34.9 Å². The molecular formula is C27H19NO6. The number of ketones is 2. The lowest BCUT2D eigenvalue weighted by molar-refractivity contribution is -0.131. The number of ether oxygens (including phenoxy) is 2. The van der Waals surface area contributed by atoms with Gasteiger partial charge in [0.1, 0.15) is 17.0 Å². The Kier molecular flexibility index (Phi) is 5.09. The van der Waals surface area contributed by atoms with E-state index in [2.05, 4.69) is 0 Å². The number of carbonyl (C=O) groups excluding carboxylic acids is 4. The lowest BCUT2D eigenvalue weighted by Crippen LogP contribution is -2.23. The van der Waals surface area contributed by atoms with Crippen LogP contribution in [0, 0.1) is 0 Å². The van der Waals surface area contributed by atoms with Gasteiger partial charge < -0.3 is 14.0 Å². The summed E-state index contributed by atoms with van der Waals surface area (Å²) in [5.74, 6) is -2.14. The summed E-state index contributed by atoms with van der Waals surface area (Å²) in [5, 5.41) is 0.226. The van der Waals surface area contributed by atoms with Gasteiger partial charge in [0.05, 0.1) is 18.2 Å². The van der Waals surface area contributed by atoms with Crippen molar-refractivity contribution in [3.8, 4) is 5.75 Å². The SMILES string of the molecule is COC(=O)c1c(OC(C)=O)ccc2c1c1c(n2Cc2ccccc2)C(=O)c2ccccc2C1=O. The van der Waals surface area contributed by atoms with Gasteiger partial charge in [-0.1, -0.05) is 54.6 Å². The van der Waals surface area contributed by atoms with Crippen molar-refractivity contribution < 1.29 is 28.7 Å². The summed E-state index contributed by atoms with van der Waals surface area (Å²) in [6.45, 7) is 1.51. The summed E-state index contributed by atoms with van der Waals surface area (Å²) in [5.41, 5.74) is 2.17. The smallest absolute Gasteiger partial charge is 0.342 e. The molecule has 0 aliphatic heterocycles. The minimum absolute atomic E-state index is 0.0365. The van der Waals surface area contributed by atoms with E-state index in [9.17, 15) is 19.2 Å². The normalized spacial score (nSPS) is 12.3. The first-order valence-electron chi connectivity index (χ1n) is 10.6. The summed E-state index contributed by atoms with van der Waals surface area (Å²) >= 11 is 0. The first-order chi connectivity index (χ1) is 16.4. The predicted octanol–water partition coefficient (Wildman–Crippen LogP) is 4.18. The molecule has 1 heterocycles. The van der Waals surface area contributed by atoms with E-state index < -0.39 is 11.9 Å². The molecule has 168 valence electrons. The Balaban J connectivity index is 1.90. The van der Waals surface area contributed by atoms with Crippen LogP contribution in [-0.2, 0) is 16.1 Å². The minimum atomic E-state index is -0.777. The van der Waals surface area contributed by atoms with Gasteiger partial charge in [-0.15, -0.1) is 0 Å². The number of carbonyl (C=O) groups is 4. The summed E-state index contributed by atoms with van der Waals surface area (Å²) in [6, 6.07) is 19.2. The molecule has 7 heteroatoms. The van der Waals surface area contributed by atoms with Crippen LogP contribution in [-0.4, -0.2) is 35.2 Å². The Morgan fingerprint density at radius 2 is 1.50 bits per heavy atom. The third-order valence-electron chi connectivity index (χ3n) is 5.88. The Morgan fingerprint density at radius 1 is 0.853 bits per heavy atom. The van der Waals surface area contributed by atoms with Crippen molar-refractivity contribution in [3.63, 3.8) is 0 Å². The first-order valence-corrected chi connectivity index (χ1v) is 10.6. The maximum Gasteiger partial charge on any atom is 0.342 e. The maximum atomic E-state index is 13.7. The van der Waals surface area contributed by atoms with E-state index in [-0.39, 0.29) is 45.1 Å². The average Bonchev–Trinajstić information content (AvgIpc) is 3.16. The number of rotatable bonds is 4. The highest BCUT2D eigenvalue weighted by Gasteiger charge is 2.38. The van der Waals surface area contributed by atoms with Gasteiger partial charge in [0, 0.05) is 30.0 Å². The molecule has 0 saturated carbocycles. The van der Waals surface area contributed by atoms with Crippen LogP contribution in [0.2, 0.25) is 0 Å². The summed E-state index contributed by atoms with van der Waals surface area (Å²) < 4.78 is 12.0. The average molecular weight is 453 g/mol. The Hall–Kier alpha value is -4.52. The van der Waals surface area contributed by atoms with Gasteiger partial charge in [-0.05, 0) is 17.7 Å². The van der Waals surface area contributed by atoms with Crippen molar-refractivity contribution in [2.75, 3.05) is 7.11 Å².